The Hall–Kier alpha value is -1.65. The Balaban J connectivity index is 2.15. The summed E-state index contributed by atoms with van der Waals surface area (Å²) in [6.07, 6.45) is 1.37. The van der Waals surface area contributed by atoms with Crippen LogP contribution < -0.4 is 5.73 Å². The maximum Gasteiger partial charge on any atom is 0.214 e. The zero-order chi connectivity index (χ0) is 13.8. The lowest BCUT2D eigenvalue weighted by Crippen LogP contribution is -2.30. The molecule has 0 radical (unpaired) electrons. The van der Waals surface area contributed by atoms with Gasteiger partial charge in [-0.15, -0.1) is 0 Å². The molecule has 4 nitrogen and oxygen atoms in total. The quantitative estimate of drug-likeness (QED) is 0.641. The van der Waals surface area contributed by atoms with Crippen molar-refractivity contribution in [3.63, 3.8) is 0 Å². The summed E-state index contributed by atoms with van der Waals surface area (Å²) in [5.41, 5.74) is 7.66. The Morgan fingerprint density at radius 2 is 2.26 bits per heavy atom. The third kappa shape index (κ3) is 3.03. The summed E-state index contributed by atoms with van der Waals surface area (Å²) >= 11 is 0. The molecule has 102 valence electrons. The van der Waals surface area contributed by atoms with E-state index in [2.05, 4.69) is 0 Å². The molecule has 0 bridgehead atoms. The number of fused-ring (bicyclic) bond motifs is 1. The fourth-order valence-corrected chi connectivity index (χ4v) is 2.09. The van der Waals surface area contributed by atoms with E-state index >= 15 is 0 Å². The number of hydrogen-bond acceptors (Lipinski definition) is 4. The Labute approximate surface area is 112 Å². The zero-order valence-corrected chi connectivity index (χ0v) is 11.3. The first kappa shape index (κ1) is 13.8. The molecule has 1 heterocycles. The SMILES string of the molecule is COCCCC(N)C(=O)c1cc2cccc(C)c2o1. The van der Waals surface area contributed by atoms with Gasteiger partial charge in [0.1, 0.15) is 5.58 Å². The van der Waals surface area contributed by atoms with Gasteiger partial charge in [0.25, 0.3) is 0 Å². The third-order valence-corrected chi connectivity index (χ3v) is 3.18. The lowest BCUT2D eigenvalue weighted by molar-refractivity contribution is 0.0925. The molecule has 2 rings (SSSR count). The lowest BCUT2D eigenvalue weighted by Gasteiger charge is -2.07. The summed E-state index contributed by atoms with van der Waals surface area (Å²) in [6.45, 7) is 2.57. The van der Waals surface area contributed by atoms with Crippen LogP contribution in [0.2, 0.25) is 0 Å². The Kier molecular flexibility index (Phi) is 4.35. The van der Waals surface area contributed by atoms with Gasteiger partial charge < -0.3 is 14.9 Å². The van der Waals surface area contributed by atoms with E-state index in [1.54, 1.807) is 13.2 Å². The predicted molar refractivity (Wildman–Crippen MR) is 74.4 cm³/mol. The number of Topliss-reactive ketones (excluding diaryl/α,β-unsaturated/α-hetero) is 1. The summed E-state index contributed by atoms with van der Waals surface area (Å²) < 4.78 is 10.6. The van der Waals surface area contributed by atoms with Gasteiger partial charge in [-0.3, -0.25) is 4.79 Å². The molecule has 1 unspecified atom stereocenters. The van der Waals surface area contributed by atoms with E-state index in [1.165, 1.54) is 0 Å². The van der Waals surface area contributed by atoms with Gasteiger partial charge in [0.2, 0.25) is 5.78 Å². The Bertz CT molecular complexity index is 574. The zero-order valence-electron chi connectivity index (χ0n) is 11.3. The number of ketones is 1. The van der Waals surface area contributed by atoms with E-state index in [-0.39, 0.29) is 5.78 Å². The number of methoxy groups -OCH3 is 1. The largest absolute Gasteiger partial charge is 0.453 e. The summed E-state index contributed by atoms with van der Waals surface area (Å²) in [7, 11) is 1.63. The number of carbonyl (C=O) groups excluding carboxylic acids is 1. The number of hydrogen-bond donors (Lipinski definition) is 1. The molecule has 0 aliphatic carbocycles. The Morgan fingerprint density at radius 1 is 1.47 bits per heavy atom. The molecule has 1 aromatic carbocycles. The minimum absolute atomic E-state index is 0.147. The molecule has 1 atom stereocenters. The topological polar surface area (TPSA) is 65.5 Å². The molecular formula is C15H19NO3. The number of rotatable bonds is 6. The van der Waals surface area contributed by atoms with Crippen LogP contribution in [0, 0.1) is 6.92 Å². The van der Waals surface area contributed by atoms with E-state index in [1.807, 2.05) is 25.1 Å². The molecule has 0 saturated carbocycles. The molecule has 0 fully saturated rings. The average molecular weight is 261 g/mol. The van der Waals surface area contributed by atoms with Crippen molar-refractivity contribution >= 4 is 16.8 Å². The van der Waals surface area contributed by atoms with Gasteiger partial charge >= 0.3 is 0 Å². The highest BCUT2D eigenvalue weighted by atomic mass is 16.5. The average Bonchev–Trinajstić information content (AvgIpc) is 2.83. The van der Waals surface area contributed by atoms with Crippen molar-refractivity contribution in [2.75, 3.05) is 13.7 Å². The van der Waals surface area contributed by atoms with Crippen molar-refractivity contribution in [2.45, 2.75) is 25.8 Å². The van der Waals surface area contributed by atoms with E-state index in [9.17, 15) is 4.79 Å². The summed E-state index contributed by atoms with van der Waals surface area (Å²) in [5.74, 6) is 0.195. The highest BCUT2D eigenvalue weighted by molar-refractivity contribution is 6.01. The van der Waals surface area contributed by atoms with Gasteiger partial charge in [-0.05, 0) is 31.4 Å². The van der Waals surface area contributed by atoms with Crippen LogP contribution in [0.4, 0.5) is 0 Å². The van der Waals surface area contributed by atoms with Crippen LogP contribution >= 0.6 is 0 Å². The summed E-state index contributed by atoms with van der Waals surface area (Å²) in [6, 6.07) is 7.06. The maximum atomic E-state index is 12.2. The van der Waals surface area contributed by atoms with Crippen LogP contribution in [-0.4, -0.2) is 25.5 Å². The number of furan rings is 1. The Morgan fingerprint density at radius 3 is 2.95 bits per heavy atom. The van der Waals surface area contributed by atoms with Gasteiger partial charge in [0.15, 0.2) is 5.76 Å². The van der Waals surface area contributed by atoms with Crippen molar-refractivity contribution in [1.82, 2.24) is 0 Å². The normalized spacial score (nSPS) is 12.8. The fourth-order valence-electron chi connectivity index (χ4n) is 2.09. The van der Waals surface area contributed by atoms with Crippen molar-refractivity contribution in [2.24, 2.45) is 5.73 Å². The molecule has 2 aromatic rings. The second-order valence-electron chi connectivity index (χ2n) is 4.71. The van der Waals surface area contributed by atoms with E-state index in [0.29, 0.717) is 18.8 Å². The van der Waals surface area contributed by atoms with Gasteiger partial charge in [0.05, 0.1) is 6.04 Å². The number of aryl methyl sites for hydroxylation is 1. The first-order valence-corrected chi connectivity index (χ1v) is 6.41. The number of benzene rings is 1. The van der Waals surface area contributed by atoms with E-state index in [4.69, 9.17) is 14.9 Å². The first-order valence-electron chi connectivity index (χ1n) is 6.41. The number of nitrogens with two attached hydrogens (primary N) is 1. The number of carbonyl (C=O) groups is 1. The second-order valence-corrected chi connectivity index (χ2v) is 4.71. The number of ether oxygens (including phenoxy) is 1. The smallest absolute Gasteiger partial charge is 0.214 e. The van der Waals surface area contributed by atoms with Crippen molar-refractivity contribution in [3.8, 4) is 0 Å². The molecule has 4 heteroatoms. The summed E-state index contributed by atoms with van der Waals surface area (Å²) in [5, 5.41) is 0.937. The fraction of sp³-hybridized carbons (Fsp3) is 0.400. The molecule has 0 amide bonds. The maximum absolute atomic E-state index is 12.2. The van der Waals surface area contributed by atoms with Crippen LogP contribution in [0.3, 0.4) is 0 Å². The first-order chi connectivity index (χ1) is 9.13. The van der Waals surface area contributed by atoms with Crippen LogP contribution in [0.15, 0.2) is 28.7 Å². The van der Waals surface area contributed by atoms with Crippen LogP contribution in [0.5, 0.6) is 0 Å². The summed E-state index contributed by atoms with van der Waals surface area (Å²) in [4.78, 5) is 12.2. The monoisotopic (exact) mass is 261 g/mol. The van der Waals surface area contributed by atoms with Crippen LogP contribution in [0.1, 0.15) is 29.0 Å². The van der Waals surface area contributed by atoms with Gasteiger partial charge in [-0.2, -0.15) is 0 Å². The van der Waals surface area contributed by atoms with Crippen molar-refractivity contribution in [1.29, 1.82) is 0 Å². The molecule has 0 aliphatic heterocycles. The highest BCUT2D eigenvalue weighted by Gasteiger charge is 2.19. The number of para-hydroxylation sites is 1. The lowest BCUT2D eigenvalue weighted by atomic mass is 10.1. The third-order valence-electron chi connectivity index (χ3n) is 3.18. The van der Waals surface area contributed by atoms with E-state index in [0.717, 1.165) is 23.0 Å². The highest BCUT2D eigenvalue weighted by Crippen LogP contribution is 2.23. The van der Waals surface area contributed by atoms with Crippen molar-refractivity contribution in [3.05, 3.63) is 35.6 Å². The van der Waals surface area contributed by atoms with Gasteiger partial charge in [-0.25, -0.2) is 0 Å². The molecule has 0 saturated heterocycles. The molecule has 19 heavy (non-hydrogen) atoms. The van der Waals surface area contributed by atoms with E-state index < -0.39 is 6.04 Å². The standard InChI is InChI=1S/C15H19NO3/c1-10-5-3-6-11-9-13(19-15(10)11)14(17)12(16)7-4-8-18-2/h3,5-6,9,12H,4,7-8,16H2,1-2H3. The minimum atomic E-state index is -0.531. The molecular weight excluding hydrogens is 242 g/mol. The molecule has 2 N–H and O–H groups in total. The van der Waals surface area contributed by atoms with Gasteiger partial charge in [-0.1, -0.05) is 18.2 Å². The molecule has 1 aromatic heterocycles. The molecule has 0 aliphatic rings. The van der Waals surface area contributed by atoms with Gasteiger partial charge in [0, 0.05) is 19.1 Å². The minimum Gasteiger partial charge on any atom is -0.453 e. The van der Waals surface area contributed by atoms with Crippen LogP contribution in [0.25, 0.3) is 11.0 Å². The van der Waals surface area contributed by atoms with Crippen LogP contribution in [-0.2, 0) is 4.74 Å². The molecule has 0 spiro atoms. The van der Waals surface area contributed by atoms with Crippen molar-refractivity contribution < 1.29 is 13.9 Å². The second kappa shape index (κ2) is 5.99. The predicted octanol–water partition coefficient (Wildman–Crippen LogP) is 2.68.